The predicted octanol–water partition coefficient (Wildman–Crippen LogP) is 3.46. The van der Waals surface area contributed by atoms with Crippen molar-refractivity contribution in [2.75, 3.05) is 6.61 Å². The Bertz CT molecular complexity index is 822. The molecule has 0 fully saturated rings. The van der Waals surface area contributed by atoms with Crippen molar-refractivity contribution in [1.29, 1.82) is 0 Å². The fraction of sp³-hybridized carbons (Fsp3) is 0.125. The van der Waals surface area contributed by atoms with Crippen LogP contribution in [0, 0.1) is 0 Å². The van der Waals surface area contributed by atoms with E-state index in [9.17, 15) is 4.79 Å². The van der Waals surface area contributed by atoms with E-state index in [0.717, 1.165) is 28.0 Å². The molecule has 4 rings (SSSR count). The van der Waals surface area contributed by atoms with Gasteiger partial charge in [-0.3, -0.25) is 9.78 Å². The van der Waals surface area contributed by atoms with E-state index >= 15 is 0 Å². The van der Waals surface area contributed by atoms with E-state index in [-0.39, 0.29) is 5.78 Å². The molecule has 0 N–H and O–H groups in total. The van der Waals surface area contributed by atoms with E-state index in [1.165, 1.54) is 0 Å². The van der Waals surface area contributed by atoms with Crippen LogP contribution in [0.4, 0.5) is 0 Å². The zero-order valence-corrected chi connectivity index (χ0v) is 11.4. The van der Waals surface area contributed by atoms with Gasteiger partial charge in [-0.1, -0.05) is 12.1 Å². The SMILES string of the molecule is O=C(c1cnc2ccsc2c1)c1cccc2c1OCC2. The van der Waals surface area contributed by atoms with Gasteiger partial charge in [0.1, 0.15) is 5.75 Å². The Morgan fingerprint density at radius 1 is 1.30 bits per heavy atom. The molecule has 0 aliphatic carbocycles. The van der Waals surface area contributed by atoms with Crippen LogP contribution in [0.1, 0.15) is 21.5 Å². The molecule has 4 heteroatoms. The highest BCUT2D eigenvalue weighted by Crippen LogP contribution is 2.31. The van der Waals surface area contributed by atoms with Crippen LogP contribution in [0.3, 0.4) is 0 Å². The molecular weight excluding hydrogens is 270 g/mol. The summed E-state index contributed by atoms with van der Waals surface area (Å²) in [5.74, 6) is 0.718. The van der Waals surface area contributed by atoms with E-state index in [1.807, 2.05) is 35.7 Å². The van der Waals surface area contributed by atoms with Gasteiger partial charge in [0.05, 0.1) is 22.4 Å². The Labute approximate surface area is 119 Å². The number of benzene rings is 1. The first-order chi connectivity index (χ1) is 9.83. The third-order valence-electron chi connectivity index (χ3n) is 3.52. The molecule has 3 heterocycles. The maximum atomic E-state index is 12.7. The number of carbonyl (C=O) groups excluding carboxylic acids is 1. The van der Waals surface area contributed by atoms with Crippen molar-refractivity contribution in [3.8, 4) is 5.75 Å². The summed E-state index contributed by atoms with van der Waals surface area (Å²) in [4.78, 5) is 17.0. The van der Waals surface area contributed by atoms with Gasteiger partial charge in [-0.15, -0.1) is 11.3 Å². The number of ether oxygens (including phenoxy) is 1. The van der Waals surface area contributed by atoms with Crippen LogP contribution in [-0.4, -0.2) is 17.4 Å². The summed E-state index contributed by atoms with van der Waals surface area (Å²) < 4.78 is 6.64. The molecule has 1 aliphatic heterocycles. The summed E-state index contributed by atoms with van der Waals surface area (Å²) in [5.41, 5.74) is 3.30. The largest absolute Gasteiger partial charge is 0.492 e. The third-order valence-corrected chi connectivity index (χ3v) is 4.38. The summed E-state index contributed by atoms with van der Waals surface area (Å²) >= 11 is 1.59. The number of nitrogens with zero attached hydrogens (tertiary/aromatic N) is 1. The number of para-hydroxylation sites is 1. The number of aromatic nitrogens is 1. The molecule has 0 bridgehead atoms. The van der Waals surface area contributed by atoms with E-state index < -0.39 is 0 Å². The molecule has 3 nitrogen and oxygen atoms in total. The van der Waals surface area contributed by atoms with Gasteiger partial charge in [-0.25, -0.2) is 0 Å². The smallest absolute Gasteiger partial charge is 0.198 e. The van der Waals surface area contributed by atoms with Crippen molar-refractivity contribution in [3.63, 3.8) is 0 Å². The van der Waals surface area contributed by atoms with Crippen molar-refractivity contribution >= 4 is 27.3 Å². The zero-order chi connectivity index (χ0) is 13.5. The maximum absolute atomic E-state index is 12.7. The van der Waals surface area contributed by atoms with Gasteiger partial charge in [-0.05, 0) is 29.1 Å². The molecule has 3 aromatic rings. The number of ketones is 1. The average Bonchev–Trinajstić information content (AvgIpc) is 3.13. The van der Waals surface area contributed by atoms with Gasteiger partial charge in [0.15, 0.2) is 5.78 Å². The molecule has 0 amide bonds. The molecule has 0 saturated heterocycles. The topological polar surface area (TPSA) is 39.2 Å². The Kier molecular flexibility index (Phi) is 2.57. The normalized spacial score (nSPS) is 13.2. The highest BCUT2D eigenvalue weighted by Gasteiger charge is 2.21. The average molecular weight is 281 g/mol. The molecule has 0 saturated carbocycles. The summed E-state index contributed by atoms with van der Waals surface area (Å²) in [6, 6.07) is 9.62. The first-order valence-corrected chi connectivity index (χ1v) is 7.33. The van der Waals surface area contributed by atoms with Gasteiger partial charge in [-0.2, -0.15) is 0 Å². The van der Waals surface area contributed by atoms with Gasteiger partial charge in [0.25, 0.3) is 0 Å². The second-order valence-corrected chi connectivity index (χ2v) is 5.70. The highest BCUT2D eigenvalue weighted by molar-refractivity contribution is 7.17. The lowest BCUT2D eigenvalue weighted by molar-refractivity contribution is 0.103. The number of thiophene rings is 1. The van der Waals surface area contributed by atoms with Crippen LogP contribution in [0.15, 0.2) is 41.9 Å². The van der Waals surface area contributed by atoms with Crippen LogP contribution >= 0.6 is 11.3 Å². The minimum atomic E-state index is -0.0217. The fourth-order valence-electron chi connectivity index (χ4n) is 2.52. The molecule has 0 spiro atoms. The minimum Gasteiger partial charge on any atom is -0.492 e. The van der Waals surface area contributed by atoms with Gasteiger partial charge >= 0.3 is 0 Å². The minimum absolute atomic E-state index is 0.0217. The summed E-state index contributed by atoms with van der Waals surface area (Å²) in [6.07, 6.45) is 2.52. The van der Waals surface area contributed by atoms with E-state index in [0.29, 0.717) is 17.7 Å². The number of hydrogen-bond donors (Lipinski definition) is 0. The molecule has 1 aromatic carbocycles. The van der Waals surface area contributed by atoms with Crippen LogP contribution in [-0.2, 0) is 6.42 Å². The number of hydrogen-bond acceptors (Lipinski definition) is 4. The molecule has 0 unspecified atom stereocenters. The number of carbonyl (C=O) groups is 1. The number of pyridine rings is 1. The quantitative estimate of drug-likeness (QED) is 0.675. The lowest BCUT2D eigenvalue weighted by Gasteiger charge is -2.07. The zero-order valence-electron chi connectivity index (χ0n) is 10.6. The van der Waals surface area contributed by atoms with Crippen LogP contribution in [0.5, 0.6) is 5.75 Å². The first kappa shape index (κ1) is 11.6. The summed E-state index contributed by atoms with van der Waals surface area (Å²) in [5, 5.41) is 1.98. The number of rotatable bonds is 2. The van der Waals surface area contributed by atoms with Crippen molar-refractivity contribution in [1.82, 2.24) is 4.98 Å². The van der Waals surface area contributed by atoms with Crippen LogP contribution in [0.25, 0.3) is 10.2 Å². The monoisotopic (exact) mass is 281 g/mol. The lowest BCUT2D eigenvalue weighted by atomic mass is 10.0. The maximum Gasteiger partial charge on any atom is 0.198 e. The van der Waals surface area contributed by atoms with Crippen LogP contribution in [0.2, 0.25) is 0 Å². The Morgan fingerprint density at radius 3 is 3.20 bits per heavy atom. The molecule has 2 aromatic heterocycles. The van der Waals surface area contributed by atoms with Gasteiger partial charge in [0.2, 0.25) is 0 Å². The molecule has 98 valence electrons. The molecule has 0 radical (unpaired) electrons. The van der Waals surface area contributed by atoms with Crippen molar-refractivity contribution in [2.24, 2.45) is 0 Å². The van der Waals surface area contributed by atoms with E-state index in [2.05, 4.69) is 4.98 Å². The lowest BCUT2D eigenvalue weighted by Crippen LogP contribution is -2.04. The van der Waals surface area contributed by atoms with Crippen molar-refractivity contribution in [2.45, 2.75) is 6.42 Å². The van der Waals surface area contributed by atoms with Crippen molar-refractivity contribution in [3.05, 3.63) is 58.6 Å². The summed E-state index contributed by atoms with van der Waals surface area (Å²) in [7, 11) is 0. The molecule has 0 atom stereocenters. The van der Waals surface area contributed by atoms with Gasteiger partial charge in [0, 0.05) is 18.2 Å². The Hall–Kier alpha value is -2.20. The highest BCUT2D eigenvalue weighted by atomic mass is 32.1. The first-order valence-electron chi connectivity index (χ1n) is 6.45. The number of fused-ring (bicyclic) bond motifs is 2. The van der Waals surface area contributed by atoms with Crippen LogP contribution < -0.4 is 4.74 Å². The fourth-order valence-corrected chi connectivity index (χ4v) is 3.30. The second-order valence-electron chi connectivity index (χ2n) is 4.75. The molecular formula is C16H11NO2S. The third kappa shape index (κ3) is 1.72. The predicted molar refractivity (Wildman–Crippen MR) is 78.7 cm³/mol. The standard InChI is InChI=1S/C16H11NO2S/c18-15(11-8-14-13(17-9-11)5-7-20-14)12-3-1-2-10-4-6-19-16(10)12/h1-3,5,7-9H,4,6H2. The second kappa shape index (κ2) is 4.42. The Balaban J connectivity index is 1.82. The Morgan fingerprint density at radius 2 is 2.25 bits per heavy atom. The molecule has 1 aliphatic rings. The van der Waals surface area contributed by atoms with Crippen molar-refractivity contribution < 1.29 is 9.53 Å². The molecule has 20 heavy (non-hydrogen) atoms. The summed E-state index contributed by atoms with van der Waals surface area (Å²) in [6.45, 7) is 0.655. The van der Waals surface area contributed by atoms with E-state index in [1.54, 1.807) is 17.5 Å². The van der Waals surface area contributed by atoms with E-state index in [4.69, 9.17) is 4.74 Å². The van der Waals surface area contributed by atoms with Gasteiger partial charge < -0.3 is 4.74 Å².